The number of aryl methyl sites for hydroxylation is 1. The highest BCUT2D eigenvalue weighted by Crippen LogP contribution is 2.26. The lowest BCUT2D eigenvalue weighted by Gasteiger charge is -2.10. The Morgan fingerprint density at radius 2 is 1.85 bits per heavy atom. The number of nitrogens with one attached hydrogen (secondary N) is 1. The number of anilines is 1. The minimum atomic E-state index is -0.713. The zero-order valence-electron chi connectivity index (χ0n) is 10.3. The van der Waals surface area contributed by atoms with Crippen LogP contribution in [-0.4, -0.2) is 5.91 Å². The Morgan fingerprint density at radius 3 is 2.55 bits per heavy atom. The third-order valence-corrected chi connectivity index (χ3v) is 4.35. The fourth-order valence-corrected chi connectivity index (χ4v) is 2.39. The predicted octanol–water partition coefficient (Wildman–Crippen LogP) is 5.05. The number of amides is 1. The maximum atomic E-state index is 13.7. The molecule has 20 heavy (non-hydrogen) atoms. The smallest absolute Gasteiger partial charge is 0.256 e. The highest BCUT2D eigenvalue weighted by Gasteiger charge is 2.15. The number of benzene rings is 2. The van der Waals surface area contributed by atoms with E-state index in [1.165, 1.54) is 0 Å². The van der Waals surface area contributed by atoms with Crippen molar-refractivity contribution in [3.8, 4) is 0 Å². The first-order chi connectivity index (χ1) is 9.40. The van der Waals surface area contributed by atoms with E-state index in [9.17, 15) is 13.6 Å². The van der Waals surface area contributed by atoms with Crippen molar-refractivity contribution in [3.63, 3.8) is 0 Å². The van der Waals surface area contributed by atoms with Crippen LogP contribution >= 0.6 is 31.9 Å². The Balaban J connectivity index is 2.33. The van der Waals surface area contributed by atoms with Gasteiger partial charge in [0, 0.05) is 10.5 Å². The topological polar surface area (TPSA) is 29.1 Å². The summed E-state index contributed by atoms with van der Waals surface area (Å²) in [6.45, 7) is 1.83. The molecule has 0 aliphatic heterocycles. The van der Waals surface area contributed by atoms with Crippen molar-refractivity contribution >= 4 is 43.5 Å². The first-order valence-corrected chi connectivity index (χ1v) is 7.19. The van der Waals surface area contributed by atoms with E-state index in [2.05, 4.69) is 37.2 Å². The molecule has 0 atom stereocenters. The van der Waals surface area contributed by atoms with Crippen molar-refractivity contribution in [3.05, 3.63) is 62.0 Å². The van der Waals surface area contributed by atoms with Gasteiger partial charge in [0.25, 0.3) is 5.91 Å². The molecule has 0 saturated heterocycles. The van der Waals surface area contributed by atoms with Gasteiger partial charge in [0.1, 0.15) is 11.6 Å². The van der Waals surface area contributed by atoms with E-state index in [1.807, 2.05) is 13.0 Å². The molecule has 0 aliphatic carbocycles. The molecule has 0 heterocycles. The van der Waals surface area contributed by atoms with Crippen molar-refractivity contribution in [1.82, 2.24) is 0 Å². The van der Waals surface area contributed by atoms with E-state index in [0.717, 1.165) is 17.7 Å². The second-order valence-corrected chi connectivity index (χ2v) is 5.78. The molecular weight excluding hydrogens is 396 g/mol. The van der Waals surface area contributed by atoms with Crippen LogP contribution in [0.4, 0.5) is 14.5 Å². The average molecular weight is 405 g/mol. The van der Waals surface area contributed by atoms with Crippen LogP contribution in [-0.2, 0) is 0 Å². The molecule has 0 aliphatic rings. The van der Waals surface area contributed by atoms with Crippen molar-refractivity contribution < 1.29 is 13.6 Å². The van der Waals surface area contributed by atoms with Crippen LogP contribution in [0.15, 0.2) is 39.3 Å². The zero-order chi connectivity index (χ0) is 14.9. The van der Waals surface area contributed by atoms with Gasteiger partial charge in [-0.25, -0.2) is 8.78 Å². The van der Waals surface area contributed by atoms with Crippen LogP contribution in [0.3, 0.4) is 0 Å². The summed E-state index contributed by atoms with van der Waals surface area (Å²) in [5, 5.41) is 2.36. The Labute approximate surface area is 131 Å². The molecule has 1 amide bonds. The lowest BCUT2D eigenvalue weighted by atomic mass is 10.1. The molecule has 0 aromatic heterocycles. The predicted molar refractivity (Wildman–Crippen MR) is 80.9 cm³/mol. The Kier molecular flexibility index (Phi) is 4.55. The SMILES string of the molecule is Cc1cccc(C(=O)Nc2cc(F)c(Br)cc2F)c1Br. The van der Waals surface area contributed by atoms with Gasteiger partial charge in [0.05, 0.1) is 15.7 Å². The lowest BCUT2D eigenvalue weighted by Crippen LogP contribution is -2.14. The lowest BCUT2D eigenvalue weighted by molar-refractivity contribution is 0.102. The molecule has 104 valence electrons. The minimum Gasteiger partial charge on any atom is -0.319 e. The van der Waals surface area contributed by atoms with Crippen LogP contribution in [0.2, 0.25) is 0 Å². The molecule has 6 heteroatoms. The number of carbonyl (C=O) groups is 1. The summed E-state index contributed by atoms with van der Waals surface area (Å²) in [6, 6.07) is 7.05. The van der Waals surface area contributed by atoms with Gasteiger partial charge in [-0.15, -0.1) is 0 Å². The largest absolute Gasteiger partial charge is 0.319 e. The molecule has 2 rings (SSSR count). The first kappa shape index (κ1) is 15.1. The molecule has 2 aromatic carbocycles. The molecule has 0 fully saturated rings. The standard InChI is InChI=1S/C14H9Br2F2NO/c1-7-3-2-4-8(13(7)16)14(20)19-12-6-10(17)9(15)5-11(12)18/h2-6H,1H3,(H,19,20). The minimum absolute atomic E-state index is 0.00438. The number of hydrogen-bond acceptors (Lipinski definition) is 1. The summed E-state index contributed by atoms with van der Waals surface area (Å²) in [7, 11) is 0. The van der Waals surface area contributed by atoms with Gasteiger partial charge in [0.15, 0.2) is 0 Å². The van der Waals surface area contributed by atoms with Gasteiger partial charge >= 0.3 is 0 Å². The van der Waals surface area contributed by atoms with Crippen LogP contribution in [0.5, 0.6) is 0 Å². The van der Waals surface area contributed by atoms with E-state index in [0.29, 0.717) is 10.0 Å². The summed E-state index contributed by atoms with van der Waals surface area (Å²) in [6.07, 6.45) is 0. The molecule has 2 nitrogen and oxygen atoms in total. The third-order valence-electron chi connectivity index (χ3n) is 2.69. The van der Waals surface area contributed by atoms with Crippen LogP contribution in [0, 0.1) is 18.6 Å². The van der Waals surface area contributed by atoms with E-state index in [4.69, 9.17) is 0 Å². The fourth-order valence-electron chi connectivity index (χ4n) is 1.63. The van der Waals surface area contributed by atoms with Gasteiger partial charge < -0.3 is 5.32 Å². The van der Waals surface area contributed by atoms with Crippen molar-refractivity contribution in [2.75, 3.05) is 5.32 Å². The Bertz CT molecular complexity index is 689. The molecule has 0 bridgehead atoms. The number of hydrogen-bond donors (Lipinski definition) is 1. The second kappa shape index (κ2) is 6.01. The summed E-state index contributed by atoms with van der Waals surface area (Å²) >= 11 is 6.18. The highest BCUT2D eigenvalue weighted by molar-refractivity contribution is 9.10. The molecule has 0 spiro atoms. The highest BCUT2D eigenvalue weighted by atomic mass is 79.9. The normalized spacial score (nSPS) is 10.4. The van der Waals surface area contributed by atoms with Gasteiger partial charge in [0.2, 0.25) is 0 Å². The molecule has 0 unspecified atom stereocenters. The van der Waals surface area contributed by atoms with Gasteiger partial charge in [-0.05, 0) is 56.5 Å². The molecule has 0 radical (unpaired) electrons. The molecule has 0 saturated carbocycles. The third kappa shape index (κ3) is 3.07. The van der Waals surface area contributed by atoms with Crippen LogP contribution in [0.1, 0.15) is 15.9 Å². The summed E-state index contributed by atoms with van der Waals surface area (Å²) < 4.78 is 27.7. The van der Waals surface area contributed by atoms with Gasteiger partial charge in [-0.2, -0.15) is 0 Å². The fraction of sp³-hybridized carbons (Fsp3) is 0.0714. The monoisotopic (exact) mass is 403 g/mol. The summed E-state index contributed by atoms with van der Waals surface area (Å²) in [5.41, 5.74) is 1.02. The molecule has 1 N–H and O–H groups in total. The zero-order valence-corrected chi connectivity index (χ0v) is 13.5. The van der Waals surface area contributed by atoms with E-state index < -0.39 is 17.5 Å². The van der Waals surface area contributed by atoms with Crippen molar-refractivity contribution in [2.45, 2.75) is 6.92 Å². The second-order valence-electron chi connectivity index (χ2n) is 4.14. The maximum Gasteiger partial charge on any atom is 0.256 e. The van der Waals surface area contributed by atoms with Crippen LogP contribution < -0.4 is 5.32 Å². The van der Waals surface area contributed by atoms with E-state index in [-0.39, 0.29) is 10.2 Å². The molecular formula is C14H9Br2F2NO. The Morgan fingerprint density at radius 1 is 1.15 bits per heavy atom. The quantitative estimate of drug-likeness (QED) is 0.697. The van der Waals surface area contributed by atoms with Crippen molar-refractivity contribution in [1.29, 1.82) is 0 Å². The van der Waals surface area contributed by atoms with Gasteiger partial charge in [-0.3, -0.25) is 4.79 Å². The number of rotatable bonds is 2. The number of carbonyl (C=O) groups excluding carboxylic acids is 1. The first-order valence-electron chi connectivity index (χ1n) is 5.61. The summed E-state index contributed by atoms with van der Waals surface area (Å²) in [4.78, 5) is 12.1. The maximum absolute atomic E-state index is 13.7. The average Bonchev–Trinajstić information content (AvgIpc) is 2.39. The van der Waals surface area contributed by atoms with E-state index in [1.54, 1.807) is 12.1 Å². The number of halogens is 4. The van der Waals surface area contributed by atoms with E-state index >= 15 is 0 Å². The van der Waals surface area contributed by atoms with Gasteiger partial charge in [-0.1, -0.05) is 12.1 Å². The van der Waals surface area contributed by atoms with Crippen molar-refractivity contribution in [2.24, 2.45) is 0 Å². The van der Waals surface area contributed by atoms with Crippen LogP contribution in [0.25, 0.3) is 0 Å². The summed E-state index contributed by atoms with van der Waals surface area (Å²) in [5.74, 6) is -1.87. The Hall–Kier alpha value is -1.27. The molecule has 2 aromatic rings.